The predicted octanol–water partition coefficient (Wildman–Crippen LogP) is 4.75. The quantitative estimate of drug-likeness (QED) is 0.344. The summed E-state index contributed by atoms with van der Waals surface area (Å²) in [5.74, 6) is 0. The third-order valence-electron chi connectivity index (χ3n) is 4.78. The van der Waals surface area contributed by atoms with E-state index >= 15 is 0 Å². The molecule has 3 rings (SSSR count). The van der Waals surface area contributed by atoms with Crippen LogP contribution >= 0.6 is 6.04 Å². The second-order valence-corrected chi connectivity index (χ2v) is 11.5. The van der Waals surface area contributed by atoms with Crippen molar-refractivity contribution in [3.63, 3.8) is 0 Å². The lowest BCUT2D eigenvalue weighted by Gasteiger charge is -2.30. The van der Waals surface area contributed by atoms with Crippen molar-refractivity contribution < 1.29 is 4.92 Å². The standard InChI is InChI=1S/C22H22NO2PS/c1-17-8-12-20(13-9-17)26(27,21-14-10-18(2)11-15-21)22(16-23(24)25)19-6-4-3-5-7-19/h3-15,22H,16H2,1-2H3. The molecule has 0 amide bonds. The van der Waals surface area contributed by atoms with Crippen molar-refractivity contribution in [2.45, 2.75) is 19.5 Å². The zero-order valence-corrected chi connectivity index (χ0v) is 17.1. The number of hydrogen-bond acceptors (Lipinski definition) is 3. The Hall–Kier alpha value is -2.29. The third kappa shape index (κ3) is 4.18. The minimum Gasteiger partial charge on any atom is -0.265 e. The van der Waals surface area contributed by atoms with E-state index in [-0.39, 0.29) is 17.1 Å². The van der Waals surface area contributed by atoms with Gasteiger partial charge in [0.2, 0.25) is 6.54 Å². The van der Waals surface area contributed by atoms with Gasteiger partial charge in [-0.15, -0.1) is 0 Å². The number of nitrogens with zero attached hydrogens (tertiary/aromatic N) is 1. The van der Waals surface area contributed by atoms with Gasteiger partial charge in [-0.1, -0.05) is 102 Å². The number of benzene rings is 3. The highest BCUT2D eigenvalue weighted by atomic mass is 32.4. The molecule has 0 N–H and O–H groups in total. The zero-order valence-electron chi connectivity index (χ0n) is 15.4. The molecule has 0 fully saturated rings. The Labute approximate surface area is 165 Å². The summed E-state index contributed by atoms with van der Waals surface area (Å²) in [4.78, 5) is 11.3. The van der Waals surface area contributed by atoms with Gasteiger partial charge in [0.25, 0.3) is 0 Å². The van der Waals surface area contributed by atoms with Crippen molar-refractivity contribution in [3.05, 3.63) is 106 Å². The van der Waals surface area contributed by atoms with E-state index < -0.39 is 6.04 Å². The topological polar surface area (TPSA) is 43.1 Å². The molecule has 0 saturated carbocycles. The Bertz CT molecular complexity index is 920. The minimum atomic E-state index is -2.46. The number of rotatable bonds is 6. The third-order valence-corrected chi connectivity index (χ3v) is 10.3. The van der Waals surface area contributed by atoms with Gasteiger partial charge in [-0.05, 0) is 30.0 Å². The number of nitro groups is 1. The Kier molecular flexibility index (Phi) is 5.88. The van der Waals surface area contributed by atoms with Crippen molar-refractivity contribution >= 4 is 28.5 Å². The fourth-order valence-corrected chi connectivity index (χ4v) is 7.74. The van der Waals surface area contributed by atoms with E-state index in [1.54, 1.807) is 0 Å². The summed E-state index contributed by atoms with van der Waals surface area (Å²) in [6.45, 7) is 3.89. The summed E-state index contributed by atoms with van der Waals surface area (Å²) in [6, 6.07) is 23.6. The molecule has 0 radical (unpaired) electrons. The second-order valence-electron chi connectivity index (χ2n) is 6.77. The predicted molar refractivity (Wildman–Crippen MR) is 117 cm³/mol. The molecule has 0 aromatic heterocycles. The molecule has 3 aromatic carbocycles. The van der Waals surface area contributed by atoms with Crippen LogP contribution in [0.15, 0.2) is 78.9 Å². The lowest BCUT2D eigenvalue weighted by Crippen LogP contribution is -2.25. The van der Waals surface area contributed by atoms with E-state index in [4.69, 9.17) is 11.8 Å². The Morgan fingerprint density at radius 3 is 1.70 bits per heavy atom. The lowest BCUT2D eigenvalue weighted by molar-refractivity contribution is -0.479. The maximum atomic E-state index is 11.6. The summed E-state index contributed by atoms with van der Waals surface area (Å²) >= 11 is 6.35. The normalized spacial score (nSPS) is 12.5. The molecular weight excluding hydrogens is 373 g/mol. The van der Waals surface area contributed by atoms with E-state index in [2.05, 4.69) is 0 Å². The summed E-state index contributed by atoms with van der Waals surface area (Å²) < 4.78 is 0. The largest absolute Gasteiger partial charge is 0.265 e. The first-order chi connectivity index (χ1) is 12.9. The molecule has 5 heteroatoms. The molecule has 1 atom stereocenters. The van der Waals surface area contributed by atoms with Gasteiger partial charge < -0.3 is 0 Å². The van der Waals surface area contributed by atoms with E-state index in [0.29, 0.717) is 0 Å². The van der Waals surface area contributed by atoms with Crippen molar-refractivity contribution in [2.75, 3.05) is 6.54 Å². The van der Waals surface area contributed by atoms with Crippen LogP contribution in [0.4, 0.5) is 0 Å². The first kappa shape index (κ1) is 19.5. The highest BCUT2D eigenvalue weighted by Crippen LogP contribution is 2.57. The summed E-state index contributed by atoms with van der Waals surface area (Å²) in [5, 5.41) is 13.6. The van der Waals surface area contributed by atoms with Crippen molar-refractivity contribution in [1.82, 2.24) is 0 Å². The smallest absolute Gasteiger partial charge is 0.215 e. The van der Waals surface area contributed by atoms with Crippen LogP contribution < -0.4 is 10.6 Å². The van der Waals surface area contributed by atoms with Crippen LogP contribution in [0.2, 0.25) is 0 Å². The molecule has 0 aliphatic rings. The molecule has 0 bridgehead atoms. The average molecular weight is 395 g/mol. The maximum absolute atomic E-state index is 11.6. The highest BCUT2D eigenvalue weighted by Gasteiger charge is 2.36. The molecule has 138 valence electrons. The minimum absolute atomic E-state index is 0.178. The van der Waals surface area contributed by atoms with Crippen LogP contribution in [0.5, 0.6) is 0 Å². The summed E-state index contributed by atoms with van der Waals surface area (Å²) in [7, 11) is 0. The fourth-order valence-electron chi connectivity index (χ4n) is 3.29. The van der Waals surface area contributed by atoms with E-state index in [9.17, 15) is 10.1 Å². The van der Waals surface area contributed by atoms with Crippen LogP contribution in [-0.2, 0) is 11.8 Å². The molecule has 0 saturated heterocycles. The van der Waals surface area contributed by atoms with Gasteiger partial charge >= 0.3 is 0 Å². The first-order valence-corrected chi connectivity index (χ1v) is 11.7. The molecule has 3 aromatic rings. The Balaban J connectivity index is 2.26. The molecular formula is C22H22NO2PS. The molecule has 0 aliphatic heterocycles. The Morgan fingerprint density at radius 1 is 0.852 bits per heavy atom. The second kappa shape index (κ2) is 8.16. The first-order valence-electron chi connectivity index (χ1n) is 8.82. The van der Waals surface area contributed by atoms with Crippen LogP contribution in [0.1, 0.15) is 22.3 Å². The monoisotopic (exact) mass is 395 g/mol. The number of hydrogen-bond donors (Lipinski definition) is 0. The zero-order chi connectivity index (χ0) is 19.4. The SMILES string of the molecule is Cc1ccc(P(=S)(c2ccc(C)cc2)C(C[N+](=O)[O-])c2ccccc2)cc1. The average Bonchev–Trinajstić information content (AvgIpc) is 2.67. The lowest BCUT2D eigenvalue weighted by atomic mass is 10.1. The van der Waals surface area contributed by atoms with Crippen molar-refractivity contribution in [1.29, 1.82) is 0 Å². The summed E-state index contributed by atoms with van der Waals surface area (Å²) in [6.07, 6.45) is 0. The van der Waals surface area contributed by atoms with Gasteiger partial charge in [0.05, 0.1) is 5.66 Å². The van der Waals surface area contributed by atoms with Gasteiger partial charge in [0.15, 0.2) is 0 Å². The highest BCUT2D eigenvalue weighted by molar-refractivity contribution is 8.22. The molecule has 27 heavy (non-hydrogen) atoms. The summed E-state index contributed by atoms with van der Waals surface area (Å²) in [5.41, 5.74) is 2.87. The maximum Gasteiger partial charge on any atom is 0.215 e. The van der Waals surface area contributed by atoms with Gasteiger partial charge in [0.1, 0.15) is 0 Å². The van der Waals surface area contributed by atoms with Gasteiger partial charge in [-0.25, -0.2) is 0 Å². The number of aryl methyl sites for hydroxylation is 2. The van der Waals surface area contributed by atoms with Crippen LogP contribution in [0, 0.1) is 24.0 Å². The van der Waals surface area contributed by atoms with Crippen molar-refractivity contribution in [3.8, 4) is 0 Å². The fraction of sp³-hybridized carbons (Fsp3) is 0.182. The van der Waals surface area contributed by atoms with Crippen molar-refractivity contribution in [2.24, 2.45) is 0 Å². The van der Waals surface area contributed by atoms with Gasteiger partial charge in [-0.2, -0.15) is 0 Å². The molecule has 0 heterocycles. The van der Waals surface area contributed by atoms with Crippen LogP contribution in [-0.4, -0.2) is 11.5 Å². The molecule has 0 aliphatic carbocycles. The van der Waals surface area contributed by atoms with E-state index in [1.165, 1.54) is 0 Å². The molecule has 0 spiro atoms. The molecule has 1 unspecified atom stereocenters. The molecule has 3 nitrogen and oxygen atoms in total. The van der Waals surface area contributed by atoms with Gasteiger partial charge in [-0.3, -0.25) is 10.1 Å². The van der Waals surface area contributed by atoms with Crippen LogP contribution in [0.25, 0.3) is 0 Å². The van der Waals surface area contributed by atoms with Gasteiger partial charge in [0, 0.05) is 11.0 Å². The Morgan fingerprint density at radius 2 is 1.30 bits per heavy atom. The van der Waals surface area contributed by atoms with Crippen LogP contribution in [0.3, 0.4) is 0 Å². The van der Waals surface area contributed by atoms with E-state index in [0.717, 1.165) is 27.3 Å². The van der Waals surface area contributed by atoms with E-state index in [1.807, 2.05) is 92.7 Å².